The molecule has 1 aromatic rings. The number of hydrogen-bond acceptors (Lipinski definition) is 5. The van der Waals surface area contributed by atoms with Gasteiger partial charge in [0.2, 0.25) is 5.88 Å². The maximum Gasteiger partial charge on any atom is 0.331 e. The smallest absolute Gasteiger partial charge is 0.331 e. The van der Waals surface area contributed by atoms with Crippen LogP contribution in [0.4, 0.5) is 0 Å². The molecule has 0 fully saturated rings. The molecule has 0 aliphatic rings. The highest BCUT2D eigenvalue weighted by atomic mass is 16.5. The first kappa shape index (κ1) is 14.5. The van der Waals surface area contributed by atoms with Gasteiger partial charge in [0.25, 0.3) is 5.56 Å². The lowest BCUT2D eigenvalue weighted by Gasteiger charge is -2.09. The highest BCUT2D eigenvalue weighted by Gasteiger charge is 2.09. The van der Waals surface area contributed by atoms with Crippen molar-refractivity contribution in [3.8, 4) is 5.88 Å². The van der Waals surface area contributed by atoms with Crippen LogP contribution in [0.2, 0.25) is 0 Å². The Kier molecular flexibility index (Phi) is 5.60. The normalized spacial score (nSPS) is 10.8. The fourth-order valence-corrected chi connectivity index (χ4v) is 1.44. The third-order valence-corrected chi connectivity index (χ3v) is 2.50. The molecular formula is C11H18N2O5. The molecule has 0 aliphatic carbocycles. The molecule has 0 spiro atoms. The molecule has 0 atom stereocenters. The molecule has 0 saturated carbocycles. The van der Waals surface area contributed by atoms with Gasteiger partial charge >= 0.3 is 5.69 Å². The van der Waals surface area contributed by atoms with E-state index in [9.17, 15) is 14.7 Å². The minimum absolute atomic E-state index is 0.134. The van der Waals surface area contributed by atoms with Crippen molar-refractivity contribution in [2.24, 2.45) is 0 Å². The molecule has 0 bridgehead atoms. The van der Waals surface area contributed by atoms with Crippen LogP contribution in [-0.4, -0.2) is 41.6 Å². The Morgan fingerprint density at radius 2 is 2.00 bits per heavy atom. The number of aromatic nitrogens is 2. The third-order valence-electron chi connectivity index (χ3n) is 2.50. The molecule has 0 unspecified atom stereocenters. The van der Waals surface area contributed by atoms with Gasteiger partial charge in [-0.15, -0.1) is 0 Å². The van der Waals surface area contributed by atoms with E-state index in [4.69, 9.17) is 9.47 Å². The molecular weight excluding hydrogens is 240 g/mol. The summed E-state index contributed by atoms with van der Waals surface area (Å²) < 4.78 is 11.2. The van der Waals surface area contributed by atoms with E-state index >= 15 is 0 Å². The monoisotopic (exact) mass is 258 g/mol. The number of nitrogens with one attached hydrogen (secondary N) is 1. The summed E-state index contributed by atoms with van der Waals surface area (Å²) in [6.07, 6.45) is 0.558. The number of nitrogens with zero attached hydrogens (tertiary/aromatic N) is 1. The van der Waals surface area contributed by atoms with Crippen molar-refractivity contribution in [3.05, 3.63) is 26.4 Å². The second kappa shape index (κ2) is 6.97. The van der Waals surface area contributed by atoms with Gasteiger partial charge in [-0.1, -0.05) is 0 Å². The average Bonchev–Trinajstić information content (AvgIpc) is 2.34. The fraction of sp³-hybridized carbons (Fsp3) is 0.636. The van der Waals surface area contributed by atoms with Gasteiger partial charge < -0.3 is 14.6 Å². The Morgan fingerprint density at radius 3 is 2.67 bits per heavy atom. The molecule has 0 saturated heterocycles. The number of hydrogen-bond donors (Lipinski definition) is 2. The van der Waals surface area contributed by atoms with Crippen molar-refractivity contribution in [1.82, 2.24) is 9.55 Å². The number of aromatic hydroxyl groups is 1. The predicted molar refractivity (Wildman–Crippen MR) is 65.0 cm³/mol. The molecule has 7 heteroatoms. The lowest BCUT2D eigenvalue weighted by molar-refractivity contribution is 0.0676. The average molecular weight is 258 g/mol. The van der Waals surface area contributed by atoms with Crippen molar-refractivity contribution in [3.63, 3.8) is 0 Å². The van der Waals surface area contributed by atoms with Gasteiger partial charge in [-0.3, -0.25) is 14.3 Å². The van der Waals surface area contributed by atoms with Crippen LogP contribution in [0.5, 0.6) is 5.88 Å². The molecule has 102 valence electrons. The molecule has 2 N–H and O–H groups in total. The van der Waals surface area contributed by atoms with Crippen molar-refractivity contribution in [2.45, 2.75) is 19.9 Å². The van der Waals surface area contributed by atoms with Gasteiger partial charge in [-0.05, 0) is 13.3 Å². The van der Waals surface area contributed by atoms with Crippen LogP contribution in [0.15, 0.2) is 9.59 Å². The Balaban J connectivity index is 2.55. The largest absolute Gasteiger partial charge is 0.494 e. The quantitative estimate of drug-likeness (QED) is 0.649. The van der Waals surface area contributed by atoms with Crippen LogP contribution in [0.3, 0.4) is 0 Å². The van der Waals surface area contributed by atoms with Crippen LogP contribution in [0.1, 0.15) is 12.0 Å². The highest BCUT2D eigenvalue weighted by molar-refractivity contribution is 5.20. The predicted octanol–water partition coefficient (Wildman–Crippen LogP) is -0.396. The Morgan fingerprint density at radius 1 is 1.28 bits per heavy atom. The summed E-state index contributed by atoms with van der Waals surface area (Å²) in [5, 5.41) is 9.68. The van der Waals surface area contributed by atoms with E-state index in [-0.39, 0.29) is 18.0 Å². The van der Waals surface area contributed by atoms with Gasteiger partial charge in [0.05, 0.1) is 18.8 Å². The second-order valence-electron chi connectivity index (χ2n) is 3.82. The van der Waals surface area contributed by atoms with Crippen LogP contribution in [0, 0.1) is 6.92 Å². The first-order valence-corrected chi connectivity index (χ1v) is 5.67. The third kappa shape index (κ3) is 3.71. The summed E-state index contributed by atoms with van der Waals surface area (Å²) in [5.41, 5.74) is -1.04. The SMILES string of the molecule is COCCOCCCn1c(O)c(C)c(=O)[nH]c1=O. The Bertz CT molecular complexity index is 491. The number of ether oxygens (including phenoxy) is 2. The van der Waals surface area contributed by atoms with Crippen molar-refractivity contribution in [1.29, 1.82) is 0 Å². The molecule has 0 aliphatic heterocycles. The summed E-state index contributed by atoms with van der Waals surface area (Å²) in [7, 11) is 1.59. The van der Waals surface area contributed by atoms with E-state index in [1.165, 1.54) is 6.92 Å². The minimum Gasteiger partial charge on any atom is -0.494 e. The zero-order chi connectivity index (χ0) is 13.5. The number of methoxy groups -OCH3 is 1. The van der Waals surface area contributed by atoms with Gasteiger partial charge in [0, 0.05) is 20.3 Å². The van der Waals surface area contributed by atoms with Gasteiger partial charge in [0.15, 0.2) is 0 Å². The van der Waals surface area contributed by atoms with Gasteiger partial charge in [-0.25, -0.2) is 4.79 Å². The summed E-state index contributed by atoms with van der Waals surface area (Å²) >= 11 is 0. The standard InChI is InChI=1S/C11H18N2O5/c1-8-9(14)12-11(16)13(10(8)15)4-3-5-18-7-6-17-2/h15H,3-7H2,1-2H3,(H,12,14,16). The summed E-state index contributed by atoms with van der Waals surface area (Å²) in [6.45, 7) is 3.20. The first-order chi connectivity index (χ1) is 8.57. The Hall–Kier alpha value is -1.60. The van der Waals surface area contributed by atoms with E-state index in [0.29, 0.717) is 26.2 Å². The minimum atomic E-state index is -0.611. The molecule has 0 radical (unpaired) electrons. The van der Waals surface area contributed by atoms with E-state index in [1.807, 2.05) is 0 Å². The van der Waals surface area contributed by atoms with E-state index in [0.717, 1.165) is 4.57 Å². The van der Waals surface area contributed by atoms with Crippen LogP contribution in [-0.2, 0) is 16.0 Å². The topological polar surface area (TPSA) is 93.6 Å². The van der Waals surface area contributed by atoms with Crippen LogP contribution >= 0.6 is 0 Å². The van der Waals surface area contributed by atoms with E-state index < -0.39 is 11.2 Å². The second-order valence-corrected chi connectivity index (χ2v) is 3.82. The van der Waals surface area contributed by atoms with E-state index in [1.54, 1.807) is 7.11 Å². The number of rotatable bonds is 7. The zero-order valence-corrected chi connectivity index (χ0v) is 10.6. The molecule has 0 aromatic carbocycles. The zero-order valence-electron chi connectivity index (χ0n) is 10.6. The lowest BCUT2D eigenvalue weighted by atomic mass is 10.3. The number of aromatic amines is 1. The van der Waals surface area contributed by atoms with Crippen molar-refractivity contribution < 1.29 is 14.6 Å². The molecule has 1 rings (SSSR count). The maximum absolute atomic E-state index is 11.5. The molecule has 18 heavy (non-hydrogen) atoms. The molecule has 1 heterocycles. The fourth-order valence-electron chi connectivity index (χ4n) is 1.44. The van der Waals surface area contributed by atoms with Crippen LogP contribution < -0.4 is 11.2 Å². The Labute approximate surface area is 104 Å². The van der Waals surface area contributed by atoms with Crippen molar-refractivity contribution in [2.75, 3.05) is 26.9 Å². The molecule has 0 amide bonds. The maximum atomic E-state index is 11.5. The summed E-state index contributed by atoms with van der Waals surface area (Å²) in [5.74, 6) is -0.291. The van der Waals surface area contributed by atoms with Crippen molar-refractivity contribution >= 4 is 0 Å². The lowest BCUT2D eigenvalue weighted by Crippen LogP contribution is -2.31. The summed E-state index contributed by atoms with van der Waals surface area (Å²) in [6, 6.07) is 0. The highest BCUT2D eigenvalue weighted by Crippen LogP contribution is 2.08. The van der Waals surface area contributed by atoms with Gasteiger partial charge in [-0.2, -0.15) is 0 Å². The van der Waals surface area contributed by atoms with Gasteiger partial charge in [0.1, 0.15) is 0 Å². The molecule has 1 aromatic heterocycles. The first-order valence-electron chi connectivity index (χ1n) is 5.67. The summed E-state index contributed by atoms with van der Waals surface area (Å²) in [4.78, 5) is 24.8. The van der Waals surface area contributed by atoms with Crippen LogP contribution in [0.25, 0.3) is 0 Å². The number of H-pyrrole nitrogens is 1. The van der Waals surface area contributed by atoms with E-state index in [2.05, 4.69) is 4.98 Å². The molecule has 7 nitrogen and oxygen atoms in total.